The highest BCUT2D eigenvalue weighted by Crippen LogP contribution is 2.81. The third kappa shape index (κ3) is 5.61. The molecular formula is C42H39OP. The van der Waals surface area contributed by atoms with E-state index < -0.39 is 7.14 Å². The minimum Gasteiger partial charge on any atom is -0.321 e. The van der Waals surface area contributed by atoms with Crippen LogP contribution in [0.3, 0.4) is 0 Å². The van der Waals surface area contributed by atoms with Crippen LogP contribution in [0.5, 0.6) is 0 Å². The van der Waals surface area contributed by atoms with Gasteiger partial charge in [-0.15, -0.1) is 0 Å². The van der Waals surface area contributed by atoms with Crippen molar-refractivity contribution in [3.63, 3.8) is 0 Å². The molecule has 3 unspecified atom stereocenters. The molecule has 2 heteroatoms. The Kier molecular flexibility index (Phi) is 8.78. The summed E-state index contributed by atoms with van der Waals surface area (Å²) in [5, 5.41) is 0. The van der Waals surface area contributed by atoms with Crippen LogP contribution in [-0.2, 0) is 4.57 Å². The summed E-state index contributed by atoms with van der Waals surface area (Å²) in [5.74, 6) is 0. The lowest BCUT2D eigenvalue weighted by molar-refractivity contribution is 0.557. The van der Waals surface area contributed by atoms with Crippen molar-refractivity contribution in [3.05, 3.63) is 214 Å². The average Bonchev–Trinajstić information content (AvgIpc) is 3.06. The quantitative estimate of drug-likeness (QED) is 0.153. The van der Waals surface area contributed by atoms with E-state index in [1.54, 1.807) is 0 Å². The van der Waals surface area contributed by atoms with E-state index in [0.717, 1.165) is 50.1 Å². The molecule has 0 amide bonds. The summed E-state index contributed by atoms with van der Waals surface area (Å²) in [6, 6.07) is 57.3. The van der Waals surface area contributed by atoms with Crippen molar-refractivity contribution in [2.45, 2.75) is 37.7 Å². The maximum atomic E-state index is 17.6. The van der Waals surface area contributed by atoms with Crippen LogP contribution < -0.4 is 0 Å². The highest BCUT2D eigenvalue weighted by molar-refractivity contribution is 7.65. The summed E-state index contributed by atoms with van der Waals surface area (Å²) in [5.41, 5.74) is 8.94. The van der Waals surface area contributed by atoms with Gasteiger partial charge in [-0.2, -0.15) is 0 Å². The third-order valence-electron chi connectivity index (χ3n) is 9.01. The van der Waals surface area contributed by atoms with Gasteiger partial charge >= 0.3 is 0 Å². The van der Waals surface area contributed by atoms with Gasteiger partial charge in [0.15, 0.2) is 0 Å². The van der Waals surface area contributed by atoms with Crippen LogP contribution in [0.4, 0.5) is 0 Å². The van der Waals surface area contributed by atoms with Crippen LogP contribution in [0.1, 0.15) is 67.0 Å². The zero-order valence-corrected chi connectivity index (χ0v) is 26.6. The Morgan fingerprint density at radius 2 is 0.568 bits per heavy atom. The Morgan fingerprint density at radius 3 is 0.818 bits per heavy atom. The number of aryl methyl sites for hydroxylation is 3. The summed E-state index contributed by atoms with van der Waals surface area (Å²) in [7, 11) is -3.46. The Balaban J connectivity index is 1.82. The molecule has 0 bridgehead atoms. The van der Waals surface area contributed by atoms with E-state index in [-0.39, 0.29) is 17.0 Å². The van der Waals surface area contributed by atoms with E-state index in [1.165, 1.54) is 0 Å². The van der Waals surface area contributed by atoms with Gasteiger partial charge in [-0.25, -0.2) is 0 Å². The van der Waals surface area contributed by atoms with Crippen molar-refractivity contribution >= 4 is 7.14 Å². The van der Waals surface area contributed by atoms with Gasteiger partial charge in [0.1, 0.15) is 7.14 Å². The first kappa shape index (κ1) is 29.6. The van der Waals surface area contributed by atoms with Gasteiger partial charge in [0.25, 0.3) is 0 Å². The van der Waals surface area contributed by atoms with Gasteiger partial charge < -0.3 is 4.57 Å². The maximum absolute atomic E-state index is 17.6. The molecule has 0 saturated heterocycles. The maximum Gasteiger partial charge on any atom is 0.122 e. The summed E-state index contributed by atoms with van der Waals surface area (Å²) in [4.78, 5) is 0. The van der Waals surface area contributed by atoms with Crippen LogP contribution >= 0.6 is 7.14 Å². The van der Waals surface area contributed by atoms with Crippen molar-refractivity contribution in [1.82, 2.24) is 0 Å². The van der Waals surface area contributed by atoms with Gasteiger partial charge in [0, 0.05) is 0 Å². The first-order valence-corrected chi connectivity index (χ1v) is 17.3. The summed E-state index contributed by atoms with van der Waals surface area (Å²) in [6.07, 6.45) is 0. The predicted octanol–water partition coefficient (Wildman–Crippen LogP) is 11.6. The van der Waals surface area contributed by atoms with Crippen LogP contribution in [0.25, 0.3) is 0 Å². The van der Waals surface area contributed by atoms with Crippen molar-refractivity contribution < 1.29 is 4.57 Å². The molecule has 1 nitrogen and oxygen atoms in total. The van der Waals surface area contributed by atoms with Crippen molar-refractivity contribution in [1.29, 1.82) is 0 Å². The smallest absolute Gasteiger partial charge is 0.122 e. The molecule has 0 N–H and O–H groups in total. The summed E-state index contributed by atoms with van der Waals surface area (Å²) >= 11 is 0. The largest absolute Gasteiger partial charge is 0.321 e. The number of hydrogen-bond donors (Lipinski definition) is 0. The molecule has 0 radical (unpaired) electrons. The number of benzene rings is 6. The third-order valence-corrected chi connectivity index (χ3v) is 13.2. The second-order valence-electron chi connectivity index (χ2n) is 11.8. The molecule has 6 aromatic carbocycles. The van der Waals surface area contributed by atoms with Crippen molar-refractivity contribution in [2.75, 3.05) is 0 Å². The van der Waals surface area contributed by atoms with E-state index >= 15 is 4.57 Å². The fourth-order valence-electron chi connectivity index (χ4n) is 6.92. The Hall–Kier alpha value is -4.45. The fourth-order valence-corrected chi connectivity index (χ4v) is 11.9. The zero-order valence-electron chi connectivity index (χ0n) is 25.7. The van der Waals surface area contributed by atoms with Gasteiger partial charge in [-0.05, 0) is 70.8 Å². The number of hydrogen-bond acceptors (Lipinski definition) is 1. The SMILES string of the molecule is Cc1ccccc1C(c1ccccc1)P(=O)(C(c1ccccc1)c1ccccc1C)C(c1ccccc1)c1ccccc1C. The topological polar surface area (TPSA) is 17.1 Å². The van der Waals surface area contributed by atoms with E-state index in [2.05, 4.69) is 185 Å². The Bertz CT molecular complexity index is 1660. The lowest BCUT2D eigenvalue weighted by atomic mass is 9.98. The van der Waals surface area contributed by atoms with Crippen LogP contribution in [0.15, 0.2) is 164 Å². The normalized spacial score (nSPS) is 14.7. The highest BCUT2D eigenvalue weighted by Gasteiger charge is 2.51. The van der Waals surface area contributed by atoms with E-state index in [9.17, 15) is 0 Å². The molecule has 0 aliphatic heterocycles. The number of rotatable bonds is 9. The first-order chi connectivity index (χ1) is 21.5. The minimum atomic E-state index is -3.46. The van der Waals surface area contributed by atoms with E-state index in [0.29, 0.717) is 0 Å². The summed E-state index contributed by atoms with van der Waals surface area (Å²) in [6.45, 7) is 6.48. The van der Waals surface area contributed by atoms with Crippen molar-refractivity contribution in [2.24, 2.45) is 0 Å². The van der Waals surface area contributed by atoms with Crippen LogP contribution in [-0.4, -0.2) is 0 Å². The van der Waals surface area contributed by atoms with Crippen molar-refractivity contribution in [3.8, 4) is 0 Å². The van der Waals surface area contributed by atoms with Gasteiger partial charge in [0.05, 0.1) is 17.0 Å². The predicted molar refractivity (Wildman–Crippen MR) is 186 cm³/mol. The van der Waals surface area contributed by atoms with Gasteiger partial charge in [-0.3, -0.25) is 0 Å². The molecule has 218 valence electrons. The monoisotopic (exact) mass is 590 g/mol. The molecular weight excluding hydrogens is 551 g/mol. The lowest BCUT2D eigenvalue weighted by Gasteiger charge is -2.42. The van der Waals surface area contributed by atoms with Gasteiger partial charge in [-0.1, -0.05) is 164 Å². The molecule has 0 fully saturated rings. The van der Waals surface area contributed by atoms with Gasteiger partial charge in [0.2, 0.25) is 0 Å². The molecule has 6 rings (SSSR count). The molecule has 3 atom stereocenters. The lowest BCUT2D eigenvalue weighted by Crippen LogP contribution is -2.19. The molecule has 0 saturated carbocycles. The average molecular weight is 591 g/mol. The molecule has 44 heavy (non-hydrogen) atoms. The first-order valence-electron chi connectivity index (χ1n) is 15.4. The molecule has 0 aliphatic carbocycles. The van der Waals surface area contributed by atoms with E-state index in [1.807, 2.05) is 0 Å². The zero-order chi connectivity index (χ0) is 30.5. The van der Waals surface area contributed by atoms with E-state index in [4.69, 9.17) is 0 Å². The van der Waals surface area contributed by atoms with Crippen LogP contribution in [0, 0.1) is 20.8 Å². The highest BCUT2D eigenvalue weighted by atomic mass is 31.2. The molecule has 6 aromatic rings. The second-order valence-corrected chi connectivity index (χ2v) is 14.8. The fraction of sp³-hybridized carbons (Fsp3) is 0.143. The molecule has 0 heterocycles. The minimum absolute atomic E-state index is 0.362. The molecule has 0 aliphatic rings. The Morgan fingerprint density at radius 1 is 0.341 bits per heavy atom. The van der Waals surface area contributed by atoms with Crippen LogP contribution in [0.2, 0.25) is 0 Å². The summed E-state index contributed by atoms with van der Waals surface area (Å²) < 4.78 is 17.6. The standard InChI is InChI=1S/C42H39OP/c1-31-19-13-16-28-37(31)40(34-22-7-4-8-23-34)44(43,41(35-24-9-5-10-25-35)38-29-17-14-20-32(38)2)42(36-26-11-6-12-27-36)39-30-18-15-21-33(39)3/h4-30,40-42H,1-3H3. The second kappa shape index (κ2) is 13.0. The molecule has 0 spiro atoms. The molecule has 0 aromatic heterocycles. The Labute approximate surface area is 262 Å².